The molecule has 0 aromatic heterocycles. The van der Waals surface area contributed by atoms with Crippen LogP contribution < -0.4 is 10.2 Å². The number of nitrogens with zero attached hydrogens (tertiary/aromatic N) is 1. The van der Waals surface area contributed by atoms with Gasteiger partial charge in [-0.1, -0.05) is 12.1 Å². The Hall–Kier alpha value is -2.10. The largest absolute Gasteiger partial charge is 0.352 e. The van der Waals surface area contributed by atoms with E-state index in [9.17, 15) is 9.59 Å². The number of rotatable bonds is 4. The Bertz CT molecular complexity index is 531. The van der Waals surface area contributed by atoms with E-state index in [0.29, 0.717) is 19.5 Å². The molecule has 4 nitrogen and oxygen atoms in total. The second-order valence-corrected chi connectivity index (χ2v) is 5.21. The Balaban J connectivity index is 2.14. The van der Waals surface area contributed by atoms with Crippen LogP contribution in [-0.4, -0.2) is 24.9 Å². The summed E-state index contributed by atoms with van der Waals surface area (Å²) in [5.41, 5.74) is 3.12. The summed E-state index contributed by atoms with van der Waals surface area (Å²) in [4.78, 5) is 26.0. The van der Waals surface area contributed by atoms with E-state index in [1.807, 2.05) is 26.0 Å². The first-order chi connectivity index (χ1) is 9.52. The summed E-state index contributed by atoms with van der Waals surface area (Å²) < 4.78 is 0. The lowest BCUT2D eigenvalue weighted by molar-refractivity contribution is -0.131. The fourth-order valence-corrected chi connectivity index (χ4v) is 2.58. The van der Waals surface area contributed by atoms with E-state index in [1.165, 1.54) is 0 Å². The van der Waals surface area contributed by atoms with Crippen LogP contribution in [0.4, 0.5) is 5.69 Å². The summed E-state index contributed by atoms with van der Waals surface area (Å²) in [6.07, 6.45) is 2.17. The summed E-state index contributed by atoms with van der Waals surface area (Å²) in [5, 5.41) is 2.69. The second-order valence-electron chi connectivity index (χ2n) is 5.21. The lowest BCUT2D eigenvalue weighted by Crippen LogP contribution is -2.36. The standard InChI is InChI=1S/C16H20N2O2/c1-4-6-17-15(19)14-5-7-18(16(14)20)13-9-11(2)8-12(3)10-13/h4,8-10,14H,1,5-7H2,2-3H3,(H,17,19)/t14-/m1/s1. The van der Waals surface area contributed by atoms with Crippen molar-refractivity contribution in [1.82, 2.24) is 5.32 Å². The van der Waals surface area contributed by atoms with Crippen molar-refractivity contribution >= 4 is 17.5 Å². The third kappa shape index (κ3) is 2.90. The van der Waals surface area contributed by atoms with Crippen LogP contribution in [0.1, 0.15) is 17.5 Å². The van der Waals surface area contributed by atoms with Gasteiger partial charge in [-0.05, 0) is 43.5 Å². The van der Waals surface area contributed by atoms with Gasteiger partial charge in [0.2, 0.25) is 11.8 Å². The summed E-state index contributed by atoms with van der Waals surface area (Å²) in [6, 6.07) is 6.03. The number of anilines is 1. The average molecular weight is 272 g/mol. The van der Waals surface area contributed by atoms with Gasteiger partial charge in [0.15, 0.2) is 0 Å². The summed E-state index contributed by atoms with van der Waals surface area (Å²) >= 11 is 0. The van der Waals surface area contributed by atoms with Gasteiger partial charge in [0.1, 0.15) is 5.92 Å². The van der Waals surface area contributed by atoms with E-state index in [0.717, 1.165) is 16.8 Å². The number of hydrogen-bond donors (Lipinski definition) is 1. The molecule has 1 aliphatic heterocycles. The van der Waals surface area contributed by atoms with Crippen LogP contribution in [0.3, 0.4) is 0 Å². The van der Waals surface area contributed by atoms with E-state index in [-0.39, 0.29) is 11.8 Å². The molecule has 4 heteroatoms. The van der Waals surface area contributed by atoms with Gasteiger partial charge in [-0.15, -0.1) is 6.58 Å². The predicted octanol–water partition coefficient (Wildman–Crippen LogP) is 1.96. The minimum absolute atomic E-state index is 0.114. The SMILES string of the molecule is C=CCNC(=O)[C@H]1CCN(c2cc(C)cc(C)c2)C1=O. The van der Waals surface area contributed by atoms with Gasteiger partial charge in [0, 0.05) is 18.8 Å². The highest BCUT2D eigenvalue weighted by Gasteiger charge is 2.37. The van der Waals surface area contributed by atoms with Crippen molar-refractivity contribution in [1.29, 1.82) is 0 Å². The zero-order valence-corrected chi connectivity index (χ0v) is 12.0. The van der Waals surface area contributed by atoms with Crippen LogP contribution in [0.25, 0.3) is 0 Å². The Kier molecular flexibility index (Phi) is 4.23. The highest BCUT2D eigenvalue weighted by atomic mass is 16.2. The van der Waals surface area contributed by atoms with Crippen molar-refractivity contribution in [3.8, 4) is 0 Å². The fourth-order valence-electron chi connectivity index (χ4n) is 2.58. The molecule has 1 fully saturated rings. The normalized spacial score (nSPS) is 18.2. The maximum absolute atomic E-state index is 12.4. The van der Waals surface area contributed by atoms with Gasteiger partial charge in [-0.3, -0.25) is 9.59 Å². The van der Waals surface area contributed by atoms with Crippen molar-refractivity contribution in [3.05, 3.63) is 42.0 Å². The van der Waals surface area contributed by atoms with Gasteiger partial charge >= 0.3 is 0 Å². The molecule has 0 unspecified atom stereocenters. The van der Waals surface area contributed by atoms with Crippen molar-refractivity contribution < 1.29 is 9.59 Å². The maximum Gasteiger partial charge on any atom is 0.239 e. The van der Waals surface area contributed by atoms with Crippen LogP contribution in [0.5, 0.6) is 0 Å². The van der Waals surface area contributed by atoms with Gasteiger partial charge < -0.3 is 10.2 Å². The molecule has 0 saturated carbocycles. The van der Waals surface area contributed by atoms with Crippen LogP contribution in [-0.2, 0) is 9.59 Å². The molecule has 1 aromatic carbocycles. The first kappa shape index (κ1) is 14.3. The molecular weight excluding hydrogens is 252 g/mol. The van der Waals surface area contributed by atoms with E-state index < -0.39 is 5.92 Å². The van der Waals surface area contributed by atoms with E-state index >= 15 is 0 Å². The summed E-state index contributed by atoms with van der Waals surface area (Å²) in [6.45, 7) is 8.55. The Morgan fingerprint density at radius 1 is 1.40 bits per heavy atom. The first-order valence-electron chi connectivity index (χ1n) is 6.81. The molecule has 106 valence electrons. The Labute approximate surface area is 119 Å². The lowest BCUT2D eigenvalue weighted by Gasteiger charge is -2.18. The van der Waals surface area contributed by atoms with Crippen molar-refractivity contribution in [2.75, 3.05) is 18.0 Å². The maximum atomic E-state index is 12.4. The van der Waals surface area contributed by atoms with Crippen molar-refractivity contribution in [2.24, 2.45) is 5.92 Å². The minimum atomic E-state index is -0.573. The molecule has 0 spiro atoms. The van der Waals surface area contributed by atoms with Crippen LogP contribution >= 0.6 is 0 Å². The summed E-state index contributed by atoms with van der Waals surface area (Å²) in [7, 11) is 0. The van der Waals surface area contributed by atoms with Crippen LogP contribution in [0.2, 0.25) is 0 Å². The molecule has 2 amide bonds. The van der Waals surface area contributed by atoms with Crippen LogP contribution in [0.15, 0.2) is 30.9 Å². The van der Waals surface area contributed by atoms with E-state index in [2.05, 4.69) is 18.0 Å². The number of carbonyl (C=O) groups excluding carboxylic acids is 2. The first-order valence-corrected chi connectivity index (χ1v) is 6.81. The summed E-state index contributed by atoms with van der Waals surface area (Å²) in [5.74, 6) is -0.894. The van der Waals surface area contributed by atoms with Crippen LogP contribution in [0, 0.1) is 19.8 Å². The number of nitrogens with one attached hydrogen (secondary N) is 1. The van der Waals surface area contributed by atoms with E-state index in [1.54, 1.807) is 11.0 Å². The molecule has 2 rings (SSSR count). The number of aryl methyl sites for hydroxylation is 2. The quantitative estimate of drug-likeness (QED) is 0.673. The Morgan fingerprint density at radius 3 is 2.65 bits per heavy atom. The molecule has 0 radical (unpaired) electrons. The molecule has 1 aromatic rings. The third-order valence-corrected chi connectivity index (χ3v) is 3.46. The second kappa shape index (κ2) is 5.90. The third-order valence-electron chi connectivity index (χ3n) is 3.46. The average Bonchev–Trinajstić information content (AvgIpc) is 2.76. The molecule has 0 aliphatic carbocycles. The van der Waals surface area contributed by atoms with Gasteiger partial charge in [-0.2, -0.15) is 0 Å². The lowest BCUT2D eigenvalue weighted by atomic mass is 10.1. The number of hydrogen-bond acceptors (Lipinski definition) is 2. The highest BCUT2D eigenvalue weighted by Crippen LogP contribution is 2.27. The predicted molar refractivity (Wildman–Crippen MR) is 79.6 cm³/mol. The number of carbonyl (C=O) groups is 2. The zero-order valence-electron chi connectivity index (χ0n) is 12.0. The number of benzene rings is 1. The Morgan fingerprint density at radius 2 is 2.05 bits per heavy atom. The topological polar surface area (TPSA) is 49.4 Å². The molecule has 1 heterocycles. The smallest absolute Gasteiger partial charge is 0.239 e. The van der Waals surface area contributed by atoms with Gasteiger partial charge in [-0.25, -0.2) is 0 Å². The zero-order chi connectivity index (χ0) is 14.7. The van der Waals surface area contributed by atoms with Crippen molar-refractivity contribution in [3.63, 3.8) is 0 Å². The fraction of sp³-hybridized carbons (Fsp3) is 0.375. The highest BCUT2D eigenvalue weighted by molar-refractivity contribution is 6.09. The van der Waals surface area contributed by atoms with Gasteiger partial charge in [0.05, 0.1) is 0 Å². The molecular formula is C16H20N2O2. The molecule has 0 bridgehead atoms. The molecule has 1 atom stereocenters. The minimum Gasteiger partial charge on any atom is -0.352 e. The molecule has 20 heavy (non-hydrogen) atoms. The number of amides is 2. The molecule has 1 N–H and O–H groups in total. The molecule has 1 saturated heterocycles. The molecule has 1 aliphatic rings. The monoisotopic (exact) mass is 272 g/mol. The van der Waals surface area contributed by atoms with Gasteiger partial charge in [0.25, 0.3) is 0 Å². The van der Waals surface area contributed by atoms with Crippen molar-refractivity contribution in [2.45, 2.75) is 20.3 Å². The van der Waals surface area contributed by atoms with E-state index in [4.69, 9.17) is 0 Å².